The predicted octanol–water partition coefficient (Wildman–Crippen LogP) is 2.35. The minimum absolute atomic E-state index is 0.0666. The minimum Gasteiger partial charge on any atom is -0.467 e. The fourth-order valence-electron chi connectivity index (χ4n) is 2.93. The second-order valence-corrected chi connectivity index (χ2v) is 5.43. The Kier molecular flexibility index (Phi) is 4.80. The molecule has 0 N–H and O–H groups in total. The fourth-order valence-corrected chi connectivity index (χ4v) is 3.06. The third-order valence-corrected chi connectivity index (χ3v) is 4.24. The fraction of sp³-hybridized carbons (Fsp3) is 0.615. The average molecular weight is 329 g/mol. The SMILES string of the molecule is CCC1(C(=O)OC)CCCCN1c1nc(Cl)ncc1[N+](=O)[O-]. The summed E-state index contributed by atoms with van der Waals surface area (Å²) >= 11 is 5.80. The van der Waals surface area contributed by atoms with Crippen LogP contribution in [0, 0.1) is 10.1 Å². The molecule has 0 aliphatic carbocycles. The monoisotopic (exact) mass is 328 g/mol. The number of anilines is 1. The second kappa shape index (κ2) is 6.43. The van der Waals surface area contributed by atoms with Gasteiger partial charge in [0.25, 0.3) is 0 Å². The van der Waals surface area contributed by atoms with Crippen LogP contribution < -0.4 is 4.90 Å². The topological polar surface area (TPSA) is 98.5 Å². The molecule has 2 heterocycles. The summed E-state index contributed by atoms with van der Waals surface area (Å²) < 4.78 is 4.94. The summed E-state index contributed by atoms with van der Waals surface area (Å²) in [6.07, 6.45) is 3.72. The van der Waals surface area contributed by atoms with Gasteiger partial charge in [0.15, 0.2) is 0 Å². The summed E-state index contributed by atoms with van der Waals surface area (Å²) in [5, 5.41) is 11.2. The molecule has 1 aromatic heterocycles. The maximum atomic E-state index is 12.4. The molecule has 0 bridgehead atoms. The maximum Gasteiger partial charge on any atom is 0.331 e. The smallest absolute Gasteiger partial charge is 0.331 e. The van der Waals surface area contributed by atoms with Crippen LogP contribution in [0.3, 0.4) is 0 Å². The highest BCUT2D eigenvalue weighted by atomic mass is 35.5. The van der Waals surface area contributed by atoms with Gasteiger partial charge in [-0.1, -0.05) is 6.92 Å². The molecule has 0 radical (unpaired) electrons. The summed E-state index contributed by atoms with van der Waals surface area (Å²) in [4.78, 5) is 32.4. The van der Waals surface area contributed by atoms with E-state index in [0.717, 1.165) is 19.0 Å². The number of nitrogens with zero attached hydrogens (tertiary/aromatic N) is 4. The number of rotatable bonds is 4. The van der Waals surface area contributed by atoms with Gasteiger partial charge in [0.05, 0.1) is 12.0 Å². The Labute approximate surface area is 132 Å². The molecule has 1 saturated heterocycles. The first kappa shape index (κ1) is 16.4. The molecule has 1 aliphatic rings. The first-order chi connectivity index (χ1) is 10.5. The number of carbonyl (C=O) groups is 1. The number of hydrogen-bond donors (Lipinski definition) is 0. The van der Waals surface area contributed by atoms with Crippen LogP contribution in [0.1, 0.15) is 32.6 Å². The van der Waals surface area contributed by atoms with Crippen LogP contribution >= 0.6 is 11.6 Å². The van der Waals surface area contributed by atoms with Crippen molar-refractivity contribution >= 4 is 29.1 Å². The highest BCUT2D eigenvalue weighted by molar-refractivity contribution is 6.28. The molecule has 120 valence electrons. The summed E-state index contributed by atoms with van der Waals surface area (Å²) in [5.41, 5.74) is -1.23. The molecule has 1 atom stereocenters. The first-order valence-electron chi connectivity index (χ1n) is 6.99. The summed E-state index contributed by atoms with van der Waals surface area (Å²) in [7, 11) is 1.31. The van der Waals surface area contributed by atoms with Crippen molar-refractivity contribution in [3.63, 3.8) is 0 Å². The predicted molar refractivity (Wildman–Crippen MR) is 79.9 cm³/mol. The number of nitro groups is 1. The molecule has 1 aliphatic heterocycles. The largest absolute Gasteiger partial charge is 0.467 e. The Hall–Kier alpha value is -1.96. The highest BCUT2D eigenvalue weighted by Crippen LogP contribution is 2.39. The summed E-state index contributed by atoms with van der Waals surface area (Å²) in [6, 6.07) is 0. The zero-order valence-electron chi connectivity index (χ0n) is 12.4. The van der Waals surface area contributed by atoms with Crippen molar-refractivity contribution in [1.82, 2.24) is 9.97 Å². The molecule has 0 amide bonds. The van der Waals surface area contributed by atoms with Crippen molar-refractivity contribution in [3.8, 4) is 0 Å². The molecule has 22 heavy (non-hydrogen) atoms. The number of aromatic nitrogens is 2. The van der Waals surface area contributed by atoms with Crippen molar-refractivity contribution in [1.29, 1.82) is 0 Å². The maximum absolute atomic E-state index is 12.4. The molecule has 1 aromatic rings. The average Bonchev–Trinajstić information content (AvgIpc) is 2.53. The Morgan fingerprint density at radius 3 is 2.91 bits per heavy atom. The lowest BCUT2D eigenvalue weighted by Crippen LogP contribution is -2.58. The molecule has 0 saturated carbocycles. The molecule has 1 unspecified atom stereocenters. The van der Waals surface area contributed by atoms with E-state index < -0.39 is 16.4 Å². The number of methoxy groups -OCH3 is 1. The Morgan fingerprint density at radius 2 is 2.32 bits per heavy atom. The first-order valence-corrected chi connectivity index (χ1v) is 7.37. The van der Waals surface area contributed by atoms with E-state index in [2.05, 4.69) is 9.97 Å². The Morgan fingerprint density at radius 1 is 1.59 bits per heavy atom. The van der Waals surface area contributed by atoms with E-state index >= 15 is 0 Å². The van der Waals surface area contributed by atoms with Gasteiger partial charge in [-0.3, -0.25) is 10.1 Å². The van der Waals surface area contributed by atoms with Crippen molar-refractivity contribution in [2.45, 2.75) is 38.1 Å². The lowest BCUT2D eigenvalue weighted by Gasteiger charge is -2.44. The quantitative estimate of drug-likeness (QED) is 0.362. The normalized spacial score (nSPS) is 21.5. The Balaban J connectivity index is 2.59. The van der Waals surface area contributed by atoms with E-state index in [9.17, 15) is 14.9 Å². The molecular formula is C13H17ClN4O4. The third kappa shape index (κ3) is 2.70. The van der Waals surface area contributed by atoms with Crippen molar-refractivity contribution in [3.05, 3.63) is 21.6 Å². The van der Waals surface area contributed by atoms with Gasteiger partial charge < -0.3 is 9.64 Å². The molecule has 1 fully saturated rings. The Bertz CT molecular complexity index is 597. The summed E-state index contributed by atoms with van der Waals surface area (Å²) in [5.74, 6) is -0.351. The highest BCUT2D eigenvalue weighted by Gasteiger charge is 2.47. The molecule has 0 spiro atoms. The van der Waals surface area contributed by atoms with Crippen molar-refractivity contribution in [2.75, 3.05) is 18.6 Å². The number of esters is 1. The van der Waals surface area contributed by atoms with Gasteiger partial charge in [0.1, 0.15) is 11.7 Å². The molecule has 9 heteroatoms. The van der Waals surface area contributed by atoms with Crippen LogP contribution in [0.5, 0.6) is 0 Å². The van der Waals surface area contributed by atoms with Gasteiger partial charge in [-0.15, -0.1) is 0 Å². The lowest BCUT2D eigenvalue weighted by molar-refractivity contribution is -0.384. The minimum atomic E-state index is -0.963. The standard InChI is InChI=1S/C13H17ClN4O4/c1-3-13(11(19)22-2)6-4-5-7-17(13)10-9(18(20)21)8-15-12(14)16-10/h8H,3-7H2,1-2H3. The van der Waals surface area contributed by atoms with E-state index in [1.54, 1.807) is 4.90 Å². The van der Waals surface area contributed by atoms with E-state index in [0.29, 0.717) is 19.4 Å². The van der Waals surface area contributed by atoms with E-state index in [-0.39, 0.29) is 16.8 Å². The van der Waals surface area contributed by atoms with Crippen LogP contribution in [-0.4, -0.2) is 40.1 Å². The van der Waals surface area contributed by atoms with Crippen molar-refractivity contribution < 1.29 is 14.5 Å². The van der Waals surface area contributed by atoms with Crippen LogP contribution in [0.25, 0.3) is 0 Å². The number of piperidine rings is 1. The van der Waals surface area contributed by atoms with Gasteiger partial charge in [0.2, 0.25) is 11.1 Å². The van der Waals surface area contributed by atoms with Crippen molar-refractivity contribution in [2.24, 2.45) is 0 Å². The second-order valence-electron chi connectivity index (χ2n) is 5.09. The zero-order valence-corrected chi connectivity index (χ0v) is 13.2. The molecule has 0 aromatic carbocycles. The number of carbonyl (C=O) groups excluding carboxylic acids is 1. The lowest BCUT2D eigenvalue weighted by atomic mass is 9.84. The zero-order chi connectivity index (χ0) is 16.3. The van der Waals surface area contributed by atoms with E-state index in [1.807, 2.05) is 6.92 Å². The third-order valence-electron chi connectivity index (χ3n) is 4.06. The van der Waals surface area contributed by atoms with Crippen LogP contribution in [0.15, 0.2) is 6.20 Å². The molecule has 2 rings (SSSR count). The molecular weight excluding hydrogens is 312 g/mol. The van der Waals surface area contributed by atoms with E-state index in [4.69, 9.17) is 16.3 Å². The van der Waals surface area contributed by atoms with Gasteiger partial charge in [-0.05, 0) is 37.3 Å². The number of hydrogen-bond acceptors (Lipinski definition) is 7. The van der Waals surface area contributed by atoms with Gasteiger partial charge in [-0.25, -0.2) is 9.78 Å². The van der Waals surface area contributed by atoms with Crippen LogP contribution in [0.2, 0.25) is 5.28 Å². The van der Waals surface area contributed by atoms with Crippen LogP contribution in [0.4, 0.5) is 11.5 Å². The summed E-state index contributed by atoms with van der Waals surface area (Å²) in [6.45, 7) is 2.32. The van der Waals surface area contributed by atoms with Gasteiger partial charge in [-0.2, -0.15) is 4.98 Å². The number of ether oxygens (including phenoxy) is 1. The van der Waals surface area contributed by atoms with Crippen LogP contribution in [-0.2, 0) is 9.53 Å². The van der Waals surface area contributed by atoms with Gasteiger partial charge in [0, 0.05) is 6.54 Å². The van der Waals surface area contributed by atoms with Gasteiger partial charge >= 0.3 is 11.7 Å². The molecule has 8 nitrogen and oxygen atoms in total. The number of halogens is 1. The van der Waals surface area contributed by atoms with E-state index in [1.165, 1.54) is 7.11 Å².